The summed E-state index contributed by atoms with van der Waals surface area (Å²) in [6, 6.07) is 0. The Morgan fingerprint density at radius 1 is 2.17 bits per heavy atom. The Bertz CT molecular complexity index is 56.9. The van der Waals surface area contributed by atoms with Gasteiger partial charge in [-0.25, -0.2) is 5.90 Å². The summed E-state index contributed by atoms with van der Waals surface area (Å²) in [6.45, 7) is 1.42. The van der Waals surface area contributed by atoms with Crippen LogP contribution in [0.1, 0.15) is 8.35 Å². The van der Waals surface area contributed by atoms with Crippen LogP contribution in [0.3, 0.4) is 0 Å². The largest absolute Gasteiger partial charge is 0.297 e. The SMILES string of the molecule is CC(=O)CON.[HH]. The van der Waals surface area contributed by atoms with Crippen molar-refractivity contribution < 1.29 is 11.1 Å². The van der Waals surface area contributed by atoms with E-state index in [1.165, 1.54) is 6.92 Å². The van der Waals surface area contributed by atoms with E-state index in [0.29, 0.717) is 0 Å². The first-order valence-electron chi connectivity index (χ1n) is 1.58. The Hall–Kier alpha value is -0.410. The maximum atomic E-state index is 9.84. The fraction of sp³-hybridized carbons (Fsp3) is 0.667. The molecule has 0 aliphatic heterocycles. The highest BCUT2D eigenvalue weighted by atomic mass is 16.6. The molecule has 0 atom stereocenters. The zero-order chi connectivity index (χ0) is 4.99. The van der Waals surface area contributed by atoms with Crippen molar-refractivity contribution in [3.05, 3.63) is 0 Å². The molecule has 0 saturated heterocycles. The molecule has 0 aromatic carbocycles. The number of ketones is 1. The van der Waals surface area contributed by atoms with Crippen molar-refractivity contribution in [3.8, 4) is 0 Å². The van der Waals surface area contributed by atoms with Crippen molar-refractivity contribution in [2.75, 3.05) is 6.61 Å². The van der Waals surface area contributed by atoms with Crippen LogP contribution in [0.15, 0.2) is 0 Å². The average Bonchev–Trinajstić information content (AvgIpc) is 1.35. The van der Waals surface area contributed by atoms with Crippen molar-refractivity contribution >= 4 is 5.78 Å². The molecular weight excluding hydrogens is 82.0 g/mol. The molecule has 3 heteroatoms. The van der Waals surface area contributed by atoms with Crippen molar-refractivity contribution in [2.24, 2.45) is 5.90 Å². The third-order valence-corrected chi connectivity index (χ3v) is 0.287. The van der Waals surface area contributed by atoms with E-state index in [0.717, 1.165) is 0 Å². The van der Waals surface area contributed by atoms with Gasteiger partial charge >= 0.3 is 0 Å². The van der Waals surface area contributed by atoms with Gasteiger partial charge in [-0.05, 0) is 6.92 Å². The molecule has 0 radical (unpaired) electrons. The Kier molecular flexibility index (Phi) is 2.62. The number of rotatable bonds is 2. The second-order valence-corrected chi connectivity index (χ2v) is 1.01. The molecule has 0 fully saturated rings. The first-order chi connectivity index (χ1) is 2.77. The Morgan fingerprint density at radius 3 is 2.67 bits per heavy atom. The fourth-order valence-electron chi connectivity index (χ4n) is 0.117. The smallest absolute Gasteiger partial charge is 0.157 e. The summed E-state index contributed by atoms with van der Waals surface area (Å²) < 4.78 is 0. The van der Waals surface area contributed by atoms with E-state index in [1.54, 1.807) is 0 Å². The van der Waals surface area contributed by atoms with Gasteiger partial charge in [-0.15, -0.1) is 0 Å². The summed E-state index contributed by atoms with van der Waals surface area (Å²) in [5.41, 5.74) is 0. The molecule has 0 aromatic heterocycles. The summed E-state index contributed by atoms with van der Waals surface area (Å²) in [7, 11) is 0. The summed E-state index contributed by atoms with van der Waals surface area (Å²) in [5, 5.41) is 0. The number of hydrogen-bond acceptors (Lipinski definition) is 3. The normalized spacial score (nSPS) is 8.33. The molecule has 0 saturated carbocycles. The molecule has 6 heavy (non-hydrogen) atoms. The summed E-state index contributed by atoms with van der Waals surface area (Å²) in [6.07, 6.45) is 0. The van der Waals surface area contributed by atoms with Gasteiger partial charge in [-0.1, -0.05) is 0 Å². The van der Waals surface area contributed by atoms with Crippen molar-refractivity contribution in [2.45, 2.75) is 6.92 Å². The van der Waals surface area contributed by atoms with Gasteiger partial charge in [-0.2, -0.15) is 0 Å². The quantitative estimate of drug-likeness (QED) is 0.475. The van der Waals surface area contributed by atoms with Crippen molar-refractivity contribution in [1.82, 2.24) is 0 Å². The lowest BCUT2D eigenvalue weighted by molar-refractivity contribution is -0.121. The van der Waals surface area contributed by atoms with Crippen LogP contribution in [-0.2, 0) is 9.63 Å². The molecule has 0 amide bonds. The van der Waals surface area contributed by atoms with E-state index < -0.39 is 0 Å². The zero-order valence-electron chi connectivity index (χ0n) is 3.60. The molecule has 0 aliphatic carbocycles. The third kappa shape index (κ3) is 3.59. The van der Waals surface area contributed by atoms with E-state index in [-0.39, 0.29) is 13.8 Å². The molecule has 0 spiro atoms. The minimum atomic E-state index is -0.0579. The number of carbonyl (C=O) groups excluding carboxylic acids is 1. The van der Waals surface area contributed by atoms with Crippen molar-refractivity contribution in [3.63, 3.8) is 0 Å². The molecule has 0 bridgehead atoms. The molecule has 0 rings (SSSR count). The molecule has 0 unspecified atom stereocenters. The van der Waals surface area contributed by atoms with E-state index in [1.807, 2.05) is 0 Å². The highest BCUT2D eigenvalue weighted by Crippen LogP contribution is 1.62. The molecule has 0 aromatic rings. The van der Waals surface area contributed by atoms with Crippen LogP contribution in [0.2, 0.25) is 0 Å². The van der Waals surface area contributed by atoms with Gasteiger partial charge in [0.05, 0.1) is 0 Å². The van der Waals surface area contributed by atoms with Crippen LogP contribution in [0, 0.1) is 0 Å². The van der Waals surface area contributed by atoms with E-state index >= 15 is 0 Å². The number of hydrogen-bond donors (Lipinski definition) is 1. The summed E-state index contributed by atoms with van der Waals surface area (Å²) >= 11 is 0. The van der Waals surface area contributed by atoms with Crippen LogP contribution >= 0.6 is 0 Å². The van der Waals surface area contributed by atoms with Crippen LogP contribution in [0.5, 0.6) is 0 Å². The fourth-order valence-corrected chi connectivity index (χ4v) is 0.117. The van der Waals surface area contributed by atoms with Gasteiger partial charge in [0.15, 0.2) is 5.78 Å². The van der Waals surface area contributed by atoms with Gasteiger partial charge in [0.2, 0.25) is 0 Å². The van der Waals surface area contributed by atoms with Gasteiger partial charge in [-0.3, -0.25) is 9.63 Å². The first-order valence-corrected chi connectivity index (χ1v) is 1.58. The minimum Gasteiger partial charge on any atom is -0.297 e. The molecule has 38 valence electrons. The zero-order valence-corrected chi connectivity index (χ0v) is 3.60. The standard InChI is InChI=1S/C3H7NO2.H2/c1-3(5)2-6-4;/h2,4H2,1H3;1H. The molecular formula is C3H9NO2. The lowest BCUT2D eigenvalue weighted by Crippen LogP contribution is -2.07. The highest BCUT2D eigenvalue weighted by Gasteiger charge is 1.84. The van der Waals surface area contributed by atoms with Crippen LogP contribution < -0.4 is 5.90 Å². The maximum Gasteiger partial charge on any atom is 0.157 e. The third-order valence-electron chi connectivity index (χ3n) is 0.287. The number of nitrogens with two attached hydrogens (primary N) is 1. The number of Topliss-reactive ketones (excluding diaryl/α,β-unsaturated/α-hetero) is 1. The van der Waals surface area contributed by atoms with Gasteiger partial charge in [0.1, 0.15) is 6.61 Å². The van der Waals surface area contributed by atoms with Crippen molar-refractivity contribution in [1.29, 1.82) is 0 Å². The first kappa shape index (κ1) is 5.59. The topological polar surface area (TPSA) is 52.3 Å². The lowest BCUT2D eigenvalue weighted by Gasteiger charge is -1.84. The average molecular weight is 91.1 g/mol. The Morgan fingerprint density at radius 2 is 2.67 bits per heavy atom. The van der Waals surface area contributed by atoms with E-state index in [2.05, 4.69) is 10.7 Å². The Labute approximate surface area is 37.5 Å². The number of carbonyl (C=O) groups is 1. The molecule has 3 nitrogen and oxygen atoms in total. The second-order valence-electron chi connectivity index (χ2n) is 1.01. The predicted octanol–water partition coefficient (Wildman–Crippen LogP) is -0.288. The highest BCUT2D eigenvalue weighted by molar-refractivity contribution is 5.76. The molecule has 2 N–H and O–H groups in total. The van der Waals surface area contributed by atoms with Gasteiger partial charge in [0.25, 0.3) is 0 Å². The molecule has 0 heterocycles. The van der Waals surface area contributed by atoms with Crippen LogP contribution in [-0.4, -0.2) is 12.4 Å². The monoisotopic (exact) mass is 91.1 g/mol. The Balaban J connectivity index is 0. The minimum absolute atomic E-state index is 0. The lowest BCUT2D eigenvalue weighted by atomic mass is 10.5. The van der Waals surface area contributed by atoms with Crippen LogP contribution in [0.4, 0.5) is 0 Å². The van der Waals surface area contributed by atoms with E-state index in [4.69, 9.17) is 0 Å². The molecule has 0 aliphatic rings. The second kappa shape index (κ2) is 2.81. The summed E-state index contributed by atoms with van der Waals surface area (Å²) in [5.74, 6) is 4.45. The predicted molar refractivity (Wildman–Crippen MR) is 22.9 cm³/mol. The van der Waals surface area contributed by atoms with Gasteiger partial charge in [0, 0.05) is 1.43 Å². The van der Waals surface area contributed by atoms with Gasteiger partial charge < -0.3 is 0 Å². The summed E-state index contributed by atoms with van der Waals surface area (Å²) in [4.78, 5) is 13.8. The van der Waals surface area contributed by atoms with E-state index in [9.17, 15) is 4.79 Å². The van der Waals surface area contributed by atoms with Crippen LogP contribution in [0.25, 0.3) is 0 Å². The maximum absolute atomic E-state index is 9.84.